The van der Waals surface area contributed by atoms with Crippen LogP contribution in [0.15, 0.2) is 72.8 Å². The van der Waals surface area contributed by atoms with Gasteiger partial charge in [0.15, 0.2) is 0 Å². The van der Waals surface area contributed by atoms with Crippen LogP contribution in [-0.4, -0.2) is 49.6 Å². The van der Waals surface area contributed by atoms with Gasteiger partial charge in [-0.25, -0.2) is 10.0 Å². The summed E-state index contributed by atoms with van der Waals surface area (Å²) in [6.07, 6.45) is 0.707. The van der Waals surface area contributed by atoms with Crippen molar-refractivity contribution in [3.63, 3.8) is 0 Å². The van der Waals surface area contributed by atoms with E-state index >= 15 is 0 Å². The molecule has 3 aromatic rings. The molecule has 0 radical (unpaired) electrons. The molecule has 3 aromatic carbocycles. The number of nitrogens with zero attached hydrogens (tertiary/aromatic N) is 3. The lowest BCUT2D eigenvalue weighted by atomic mass is 9.72. The number of para-hydroxylation sites is 1. The van der Waals surface area contributed by atoms with Crippen LogP contribution in [0.5, 0.6) is 5.75 Å². The summed E-state index contributed by atoms with van der Waals surface area (Å²) in [5.41, 5.74) is 3.14. The summed E-state index contributed by atoms with van der Waals surface area (Å²) in [6, 6.07) is 24.1. The molecule has 0 aromatic heterocycles. The normalized spacial score (nSPS) is 17.3. The lowest BCUT2D eigenvalue weighted by Gasteiger charge is -2.34. The minimum atomic E-state index is -0.757. The topological polar surface area (TPSA) is 36.0 Å². The van der Waals surface area contributed by atoms with E-state index in [1.807, 2.05) is 71.7 Å². The molecule has 184 valence electrons. The summed E-state index contributed by atoms with van der Waals surface area (Å²) in [4.78, 5) is 16.9. The van der Waals surface area contributed by atoms with Crippen LogP contribution < -0.4 is 9.75 Å². The quantitative estimate of drug-likeness (QED) is 0.361. The Kier molecular flexibility index (Phi) is 7.80. The van der Waals surface area contributed by atoms with Crippen molar-refractivity contribution >= 4 is 23.2 Å². The van der Waals surface area contributed by atoms with Gasteiger partial charge in [-0.15, -0.1) is 0 Å². The highest BCUT2D eigenvalue weighted by molar-refractivity contribution is 6.32. The SMILES string of the molecule is CCN(CC)CCC1(c2ccccc2)C(=O)N(N(C)Cc2cccc(OC)c2Cl)c2ccccc21. The number of carbonyl (C=O) groups excluding carboxylic acids is 1. The number of halogens is 1. The number of amides is 1. The molecule has 0 aliphatic carbocycles. The third-order valence-corrected chi connectivity index (χ3v) is 7.55. The number of ether oxygens (including phenoxy) is 1. The number of hydrogen-bond donors (Lipinski definition) is 0. The molecule has 0 fully saturated rings. The van der Waals surface area contributed by atoms with Crippen molar-refractivity contribution in [3.8, 4) is 5.75 Å². The van der Waals surface area contributed by atoms with Gasteiger partial charge >= 0.3 is 0 Å². The van der Waals surface area contributed by atoms with Crippen LogP contribution in [0.25, 0.3) is 0 Å². The first-order chi connectivity index (χ1) is 17.0. The molecular formula is C29H34ClN3O2. The van der Waals surface area contributed by atoms with Gasteiger partial charge in [0.25, 0.3) is 5.91 Å². The van der Waals surface area contributed by atoms with Crippen LogP contribution in [0.4, 0.5) is 5.69 Å². The molecule has 4 rings (SSSR count). The Morgan fingerprint density at radius 1 is 0.943 bits per heavy atom. The molecule has 0 N–H and O–H groups in total. The van der Waals surface area contributed by atoms with Crippen molar-refractivity contribution in [2.75, 3.05) is 38.8 Å². The van der Waals surface area contributed by atoms with E-state index in [0.717, 1.165) is 42.0 Å². The monoisotopic (exact) mass is 491 g/mol. The third kappa shape index (κ3) is 4.56. The molecule has 1 aliphatic rings. The average molecular weight is 492 g/mol. The van der Waals surface area contributed by atoms with Gasteiger partial charge in [-0.1, -0.05) is 86.1 Å². The zero-order chi connectivity index (χ0) is 25.0. The fourth-order valence-corrected chi connectivity index (χ4v) is 5.43. The van der Waals surface area contributed by atoms with Crippen molar-refractivity contribution < 1.29 is 9.53 Å². The lowest BCUT2D eigenvalue weighted by molar-refractivity contribution is -0.125. The fraction of sp³-hybridized carbons (Fsp3) is 0.345. The smallest absolute Gasteiger partial charge is 0.256 e. The Hall–Kier alpha value is -2.86. The van der Waals surface area contributed by atoms with E-state index in [-0.39, 0.29) is 5.91 Å². The minimum absolute atomic E-state index is 0.0681. The van der Waals surface area contributed by atoms with Crippen LogP contribution in [0.2, 0.25) is 5.02 Å². The Labute approximate surface area is 213 Å². The summed E-state index contributed by atoms with van der Waals surface area (Å²) in [5, 5.41) is 4.36. The van der Waals surface area contributed by atoms with Gasteiger partial charge in [0.05, 0.1) is 17.8 Å². The van der Waals surface area contributed by atoms with Crippen LogP contribution in [-0.2, 0) is 16.8 Å². The maximum atomic E-state index is 14.5. The largest absolute Gasteiger partial charge is 0.495 e. The highest BCUT2D eigenvalue weighted by Crippen LogP contribution is 2.49. The predicted octanol–water partition coefficient (Wildman–Crippen LogP) is 5.76. The molecule has 1 unspecified atom stereocenters. The Morgan fingerprint density at radius 3 is 2.31 bits per heavy atom. The summed E-state index contributed by atoms with van der Waals surface area (Å²) < 4.78 is 5.40. The molecule has 0 spiro atoms. The summed E-state index contributed by atoms with van der Waals surface area (Å²) in [5.74, 6) is 0.696. The predicted molar refractivity (Wildman–Crippen MR) is 143 cm³/mol. The molecule has 1 amide bonds. The number of hydrazine groups is 1. The van der Waals surface area contributed by atoms with Crippen molar-refractivity contribution in [3.05, 3.63) is 94.5 Å². The van der Waals surface area contributed by atoms with E-state index in [1.54, 1.807) is 7.11 Å². The van der Waals surface area contributed by atoms with Crippen LogP contribution in [0.3, 0.4) is 0 Å². The van der Waals surface area contributed by atoms with E-state index in [1.165, 1.54) is 0 Å². The second kappa shape index (κ2) is 10.8. The molecule has 1 atom stereocenters. The summed E-state index contributed by atoms with van der Waals surface area (Å²) in [6.45, 7) is 7.55. The summed E-state index contributed by atoms with van der Waals surface area (Å²) >= 11 is 6.60. The molecular weight excluding hydrogens is 458 g/mol. The van der Waals surface area contributed by atoms with Gasteiger partial charge in [-0.3, -0.25) is 4.79 Å². The van der Waals surface area contributed by atoms with Crippen LogP contribution in [0, 0.1) is 0 Å². The number of methoxy groups -OCH3 is 1. The van der Waals surface area contributed by atoms with Crippen molar-refractivity contribution in [2.24, 2.45) is 0 Å². The zero-order valence-electron chi connectivity index (χ0n) is 21.0. The lowest BCUT2D eigenvalue weighted by Crippen LogP contribution is -2.49. The van der Waals surface area contributed by atoms with E-state index < -0.39 is 5.41 Å². The first-order valence-electron chi connectivity index (χ1n) is 12.2. The van der Waals surface area contributed by atoms with Crippen molar-refractivity contribution in [1.82, 2.24) is 9.91 Å². The molecule has 1 heterocycles. The van der Waals surface area contributed by atoms with Gasteiger partial charge in [-0.2, -0.15) is 0 Å². The van der Waals surface area contributed by atoms with Crippen molar-refractivity contribution in [2.45, 2.75) is 32.2 Å². The zero-order valence-corrected chi connectivity index (χ0v) is 21.8. The Morgan fingerprint density at radius 2 is 1.63 bits per heavy atom. The van der Waals surface area contributed by atoms with Gasteiger partial charge in [0, 0.05) is 13.6 Å². The van der Waals surface area contributed by atoms with E-state index in [0.29, 0.717) is 23.7 Å². The molecule has 1 aliphatic heterocycles. The first kappa shape index (κ1) is 25.2. The molecule has 0 saturated heterocycles. The first-order valence-corrected chi connectivity index (χ1v) is 12.6. The third-order valence-electron chi connectivity index (χ3n) is 7.12. The standard InChI is InChI=1S/C29H34ClN3O2/c1-5-32(6-2)20-19-29(23-14-8-7-9-15-23)24-16-10-11-17-25(24)33(28(29)34)31(3)21-22-13-12-18-26(35-4)27(22)30/h7-18H,5-6,19-21H2,1-4H3. The van der Waals surface area contributed by atoms with E-state index in [4.69, 9.17) is 16.3 Å². The molecule has 6 heteroatoms. The molecule has 0 saturated carbocycles. The van der Waals surface area contributed by atoms with E-state index in [2.05, 4.69) is 36.9 Å². The van der Waals surface area contributed by atoms with E-state index in [9.17, 15) is 4.79 Å². The highest BCUT2D eigenvalue weighted by atomic mass is 35.5. The molecule has 5 nitrogen and oxygen atoms in total. The van der Waals surface area contributed by atoms with Crippen LogP contribution >= 0.6 is 11.6 Å². The van der Waals surface area contributed by atoms with Gasteiger partial charge in [0.2, 0.25) is 0 Å². The Bertz CT molecular complexity index is 1170. The number of carbonyl (C=O) groups is 1. The number of hydrogen-bond acceptors (Lipinski definition) is 4. The average Bonchev–Trinajstić information content (AvgIpc) is 3.15. The number of anilines is 1. The van der Waals surface area contributed by atoms with Gasteiger partial charge in [-0.05, 0) is 54.9 Å². The highest BCUT2D eigenvalue weighted by Gasteiger charge is 2.53. The number of benzene rings is 3. The van der Waals surface area contributed by atoms with Gasteiger partial charge in [0.1, 0.15) is 11.2 Å². The number of rotatable bonds is 10. The number of fused-ring (bicyclic) bond motifs is 1. The second-order valence-corrected chi connectivity index (χ2v) is 9.31. The maximum absolute atomic E-state index is 14.5. The van der Waals surface area contributed by atoms with Crippen molar-refractivity contribution in [1.29, 1.82) is 0 Å². The second-order valence-electron chi connectivity index (χ2n) is 8.93. The minimum Gasteiger partial charge on any atom is -0.495 e. The van der Waals surface area contributed by atoms with Crippen LogP contribution in [0.1, 0.15) is 37.0 Å². The van der Waals surface area contributed by atoms with Gasteiger partial charge < -0.3 is 9.64 Å². The molecule has 0 bridgehead atoms. The summed E-state index contributed by atoms with van der Waals surface area (Å²) in [7, 11) is 3.55. The fourth-order valence-electron chi connectivity index (χ4n) is 5.17. The Balaban J connectivity index is 1.78. The molecule has 35 heavy (non-hydrogen) atoms. The maximum Gasteiger partial charge on any atom is 0.256 e.